The molecular weight excluding hydrogens is 366 g/mol. The van der Waals surface area contributed by atoms with E-state index in [1.165, 1.54) is 6.07 Å². The van der Waals surface area contributed by atoms with Gasteiger partial charge in [-0.25, -0.2) is 15.0 Å². The van der Waals surface area contributed by atoms with Crippen LogP contribution in [-0.4, -0.2) is 27.0 Å². The zero-order valence-electron chi connectivity index (χ0n) is 16.7. The predicted molar refractivity (Wildman–Crippen MR) is 114 cm³/mol. The summed E-state index contributed by atoms with van der Waals surface area (Å²) in [7, 11) is 1.58. The summed E-state index contributed by atoms with van der Waals surface area (Å²) in [6.07, 6.45) is 0. The van der Waals surface area contributed by atoms with Crippen LogP contribution in [-0.2, 0) is 0 Å². The van der Waals surface area contributed by atoms with E-state index in [0.717, 1.165) is 33.3 Å². The van der Waals surface area contributed by atoms with Crippen LogP contribution in [0.1, 0.15) is 16.8 Å². The van der Waals surface area contributed by atoms with Gasteiger partial charge in [0.2, 0.25) is 11.9 Å². The molecule has 7 nitrogen and oxygen atoms in total. The van der Waals surface area contributed by atoms with E-state index in [1.54, 1.807) is 7.11 Å². The standard InChI is InChI=1S/C22H21N5O2/c1-12-9-13(2)20-16(10-12)14(3)23-21(26-20)27-22-24-17(11-19(28)25-22)15-7-5-6-8-18(15)29-4/h5-11H,1-4H3,(H2,23,24,25,26,27,28). The summed E-state index contributed by atoms with van der Waals surface area (Å²) in [4.78, 5) is 28.6. The van der Waals surface area contributed by atoms with Crippen LogP contribution in [0.25, 0.3) is 22.2 Å². The van der Waals surface area contributed by atoms with E-state index in [1.807, 2.05) is 38.1 Å². The number of para-hydroxylation sites is 1. The van der Waals surface area contributed by atoms with Gasteiger partial charge in [0, 0.05) is 17.0 Å². The first kappa shape index (κ1) is 18.6. The lowest BCUT2D eigenvalue weighted by molar-refractivity contribution is 0.416. The highest BCUT2D eigenvalue weighted by Gasteiger charge is 2.12. The van der Waals surface area contributed by atoms with Gasteiger partial charge in [0.25, 0.3) is 5.56 Å². The Balaban J connectivity index is 1.77. The summed E-state index contributed by atoms with van der Waals surface area (Å²) in [5, 5.41) is 4.05. The van der Waals surface area contributed by atoms with Crippen LogP contribution in [0, 0.1) is 20.8 Å². The maximum Gasteiger partial charge on any atom is 0.252 e. The Morgan fingerprint density at radius 2 is 1.79 bits per heavy atom. The summed E-state index contributed by atoms with van der Waals surface area (Å²) in [5.74, 6) is 1.28. The largest absolute Gasteiger partial charge is 0.496 e. The topological polar surface area (TPSA) is 92.8 Å². The fraction of sp³-hybridized carbons (Fsp3) is 0.182. The van der Waals surface area contributed by atoms with Crippen LogP contribution in [0.15, 0.2) is 47.3 Å². The number of nitrogens with one attached hydrogen (secondary N) is 2. The molecule has 0 aliphatic carbocycles. The minimum atomic E-state index is -0.285. The Morgan fingerprint density at radius 3 is 2.59 bits per heavy atom. The fourth-order valence-electron chi connectivity index (χ4n) is 3.41. The molecule has 0 saturated heterocycles. The number of rotatable bonds is 4. The third kappa shape index (κ3) is 3.67. The maximum absolute atomic E-state index is 12.2. The van der Waals surface area contributed by atoms with Crippen LogP contribution in [0.3, 0.4) is 0 Å². The van der Waals surface area contributed by atoms with E-state index < -0.39 is 0 Å². The van der Waals surface area contributed by atoms with Gasteiger partial charge in [0.1, 0.15) is 5.75 Å². The molecule has 0 aliphatic rings. The van der Waals surface area contributed by atoms with Crippen molar-refractivity contribution in [2.45, 2.75) is 20.8 Å². The third-order valence-corrected chi connectivity index (χ3v) is 4.68. The second-order valence-corrected chi connectivity index (χ2v) is 6.92. The van der Waals surface area contributed by atoms with Gasteiger partial charge in [0.15, 0.2) is 0 Å². The average molecular weight is 387 g/mol. The van der Waals surface area contributed by atoms with E-state index >= 15 is 0 Å². The number of aromatic amines is 1. The SMILES string of the molecule is COc1ccccc1-c1cc(=O)[nH]c(Nc2nc(C)c3cc(C)cc(C)c3n2)n1. The summed E-state index contributed by atoms with van der Waals surface area (Å²) in [6.45, 7) is 6.01. The number of fused-ring (bicyclic) bond motifs is 1. The quantitative estimate of drug-likeness (QED) is 0.549. The normalized spacial score (nSPS) is 10.9. The first-order valence-corrected chi connectivity index (χ1v) is 9.22. The fourth-order valence-corrected chi connectivity index (χ4v) is 3.41. The van der Waals surface area contributed by atoms with Crippen molar-refractivity contribution in [1.29, 1.82) is 0 Å². The van der Waals surface area contributed by atoms with E-state index in [9.17, 15) is 4.79 Å². The Labute approximate surface area is 167 Å². The second-order valence-electron chi connectivity index (χ2n) is 6.92. The molecule has 146 valence electrons. The number of H-pyrrole nitrogens is 1. The molecule has 2 heterocycles. The molecule has 0 spiro atoms. The number of methoxy groups -OCH3 is 1. The van der Waals surface area contributed by atoms with Crippen LogP contribution in [0.5, 0.6) is 5.75 Å². The molecule has 0 amide bonds. The van der Waals surface area contributed by atoms with Crippen molar-refractivity contribution in [2.75, 3.05) is 12.4 Å². The maximum atomic E-state index is 12.2. The Kier molecular flexibility index (Phi) is 4.72. The van der Waals surface area contributed by atoms with Crippen molar-refractivity contribution in [3.8, 4) is 17.0 Å². The lowest BCUT2D eigenvalue weighted by Crippen LogP contribution is -2.12. The molecule has 4 aromatic rings. The lowest BCUT2D eigenvalue weighted by atomic mass is 10.1. The number of ether oxygens (including phenoxy) is 1. The summed E-state index contributed by atoms with van der Waals surface area (Å²) in [5.41, 5.74) is 4.90. The van der Waals surface area contributed by atoms with E-state index in [-0.39, 0.29) is 11.5 Å². The van der Waals surface area contributed by atoms with E-state index in [0.29, 0.717) is 17.4 Å². The van der Waals surface area contributed by atoms with Gasteiger partial charge in [0.05, 0.1) is 24.0 Å². The lowest BCUT2D eigenvalue weighted by Gasteiger charge is -2.11. The number of hydrogen-bond donors (Lipinski definition) is 2. The molecule has 2 aromatic heterocycles. The third-order valence-electron chi connectivity index (χ3n) is 4.68. The number of benzene rings is 2. The van der Waals surface area contributed by atoms with Crippen LogP contribution < -0.4 is 15.6 Å². The van der Waals surface area contributed by atoms with Crippen molar-refractivity contribution in [1.82, 2.24) is 19.9 Å². The second kappa shape index (κ2) is 7.35. The first-order valence-electron chi connectivity index (χ1n) is 9.22. The molecule has 2 N–H and O–H groups in total. The zero-order valence-corrected chi connectivity index (χ0v) is 16.7. The predicted octanol–water partition coefficient (Wildman–Crippen LogP) is 4.06. The molecule has 29 heavy (non-hydrogen) atoms. The Bertz CT molecular complexity index is 1280. The van der Waals surface area contributed by atoms with E-state index in [4.69, 9.17) is 4.74 Å². The van der Waals surface area contributed by atoms with Gasteiger partial charge in [-0.3, -0.25) is 15.1 Å². The van der Waals surface area contributed by atoms with Gasteiger partial charge < -0.3 is 4.74 Å². The molecule has 4 rings (SSSR count). The highest BCUT2D eigenvalue weighted by atomic mass is 16.5. The zero-order chi connectivity index (χ0) is 20.5. The summed E-state index contributed by atoms with van der Waals surface area (Å²) in [6, 6.07) is 13.0. The van der Waals surface area contributed by atoms with Crippen LogP contribution in [0.2, 0.25) is 0 Å². The van der Waals surface area contributed by atoms with Gasteiger partial charge in [-0.1, -0.05) is 23.8 Å². The van der Waals surface area contributed by atoms with Crippen molar-refractivity contribution in [3.63, 3.8) is 0 Å². The molecule has 0 radical (unpaired) electrons. The Morgan fingerprint density at radius 1 is 1.00 bits per heavy atom. The summed E-state index contributed by atoms with van der Waals surface area (Å²) >= 11 is 0. The Hall–Kier alpha value is -3.74. The van der Waals surface area contributed by atoms with E-state index in [2.05, 4.69) is 44.3 Å². The smallest absolute Gasteiger partial charge is 0.252 e. The number of anilines is 2. The molecule has 0 aliphatic heterocycles. The van der Waals surface area contributed by atoms with Crippen LogP contribution in [0.4, 0.5) is 11.9 Å². The first-order chi connectivity index (χ1) is 13.9. The molecular formula is C22H21N5O2. The van der Waals surface area contributed by atoms with Crippen molar-refractivity contribution in [3.05, 3.63) is 69.6 Å². The number of aromatic nitrogens is 4. The van der Waals surface area contributed by atoms with Gasteiger partial charge >= 0.3 is 0 Å². The van der Waals surface area contributed by atoms with Crippen molar-refractivity contribution < 1.29 is 4.74 Å². The van der Waals surface area contributed by atoms with Crippen molar-refractivity contribution in [2.24, 2.45) is 0 Å². The van der Waals surface area contributed by atoms with Gasteiger partial charge in [-0.15, -0.1) is 0 Å². The number of nitrogens with zero attached hydrogens (tertiary/aromatic N) is 3. The molecule has 0 bridgehead atoms. The highest BCUT2D eigenvalue weighted by Crippen LogP contribution is 2.28. The minimum Gasteiger partial charge on any atom is -0.496 e. The summed E-state index contributed by atoms with van der Waals surface area (Å²) < 4.78 is 5.39. The van der Waals surface area contributed by atoms with Crippen molar-refractivity contribution >= 4 is 22.8 Å². The molecule has 7 heteroatoms. The molecule has 2 aromatic carbocycles. The average Bonchev–Trinajstić information content (AvgIpc) is 2.68. The monoisotopic (exact) mass is 387 g/mol. The van der Waals surface area contributed by atoms with Gasteiger partial charge in [-0.2, -0.15) is 0 Å². The minimum absolute atomic E-state index is 0.266. The highest BCUT2D eigenvalue weighted by molar-refractivity contribution is 5.85. The molecule has 0 fully saturated rings. The molecule has 0 saturated carbocycles. The molecule has 0 unspecified atom stereocenters. The van der Waals surface area contributed by atoms with Gasteiger partial charge in [-0.05, 0) is 44.5 Å². The van der Waals surface area contributed by atoms with Crippen LogP contribution >= 0.6 is 0 Å². The number of aryl methyl sites for hydroxylation is 3. The molecule has 0 atom stereocenters. The number of hydrogen-bond acceptors (Lipinski definition) is 6.